The molecule has 1 aromatic heterocycles. The lowest BCUT2D eigenvalue weighted by atomic mass is 9.90. The third-order valence-electron chi connectivity index (χ3n) is 8.61. The zero-order valence-electron chi connectivity index (χ0n) is 23.7. The number of likely N-dealkylation sites (tertiary alicyclic amines) is 1. The molecule has 0 saturated carbocycles. The van der Waals surface area contributed by atoms with Crippen molar-refractivity contribution in [2.75, 3.05) is 31.6 Å². The Labute approximate surface area is 246 Å². The number of carboxylic acid groups (broad SMARTS) is 1. The number of anilines is 2. The fourth-order valence-corrected chi connectivity index (χ4v) is 6.42. The van der Waals surface area contributed by atoms with Gasteiger partial charge >= 0.3 is 5.97 Å². The van der Waals surface area contributed by atoms with E-state index >= 15 is 0 Å². The molecule has 0 amide bonds. The van der Waals surface area contributed by atoms with Crippen LogP contribution in [0.25, 0.3) is 11.0 Å². The summed E-state index contributed by atoms with van der Waals surface area (Å²) in [5, 5.41) is 10.3. The van der Waals surface area contributed by atoms with Gasteiger partial charge in [-0.1, -0.05) is 29.8 Å². The molecule has 3 heterocycles. The number of hydrogen-bond donors (Lipinski definition) is 1. The second kappa shape index (κ2) is 11.8. The van der Waals surface area contributed by atoms with Crippen LogP contribution < -0.4 is 4.90 Å². The number of carbonyl (C=O) groups is 1. The predicted octanol–water partition coefficient (Wildman–Crippen LogP) is 6.71. The summed E-state index contributed by atoms with van der Waals surface area (Å²) in [5.74, 6) is 0.705. The Kier molecular flexibility index (Phi) is 8.02. The maximum atomic E-state index is 11.6. The van der Waals surface area contributed by atoms with Gasteiger partial charge in [-0.3, -0.25) is 4.90 Å². The summed E-state index contributed by atoms with van der Waals surface area (Å²) in [5.41, 5.74) is 6.68. The summed E-state index contributed by atoms with van der Waals surface area (Å²) in [6.45, 7) is 6.36. The van der Waals surface area contributed by atoms with Gasteiger partial charge in [0, 0.05) is 19.3 Å². The lowest BCUT2D eigenvalue weighted by Crippen LogP contribution is -2.36. The third-order valence-corrected chi connectivity index (χ3v) is 8.92. The van der Waals surface area contributed by atoms with E-state index in [-0.39, 0.29) is 11.7 Å². The molecule has 2 fully saturated rings. The summed E-state index contributed by atoms with van der Waals surface area (Å²) in [7, 11) is 2.07. The standard InChI is InChI=1S/C33H37ClN4O3/c1-22-6-9-30(28(34)16-22)36(2)26-5-3-4-24(18-26)17-23-10-13-37(14-11-23)21-32-35-29-8-7-25(33(39)40)19-31(29)38(32)20-27-12-15-41-27/h3-9,16,18-19,23,27H,10-15,17,20-21H2,1-2H3,(H,39,40)/t27-/m0/s1. The molecule has 2 aliphatic heterocycles. The Bertz CT molecular complexity index is 1560. The summed E-state index contributed by atoms with van der Waals surface area (Å²) < 4.78 is 7.90. The van der Waals surface area contributed by atoms with Crippen molar-refractivity contribution in [3.05, 3.63) is 88.2 Å². The van der Waals surface area contributed by atoms with Crippen molar-refractivity contribution in [2.24, 2.45) is 5.92 Å². The molecule has 41 heavy (non-hydrogen) atoms. The molecule has 214 valence electrons. The summed E-state index contributed by atoms with van der Waals surface area (Å²) in [6.07, 6.45) is 4.53. The third kappa shape index (κ3) is 6.13. The van der Waals surface area contributed by atoms with Gasteiger partial charge in [-0.05, 0) is 105 Å². The van der Waals surface area contributed by atoms with E-state index in [1.807, 2.05) is 12.1 Å². The van der Waals surface area contributed by atoms with Crippen LogP contribution in [0, 0.1) is 12.8 Å². The van der Waals surface area contributed by atoms with Crippen LogP contribution in [0.2, 0.25) is 5.02 Å². The van der Waals surface area contributed by atoms with E-state index in [1.54, 1.807) is 12.1 Å². The first-order valence-electron chi connectivity index (χ1n) is 14.5. The highest BCUT2D eigenvalue weighted by Crippen LogP contribution is 2.33. The number of carboxylic acids is 1. The molecule has 7 nitrogen and oxygen atoms in total. The van der Waals surface area contributed by atoms with Crippen LogP contribution in [0.1, 0.15) is 46.6 Å². The SMILES string of the molecule is Cc1ccc(N(C)c2cccc(CC3CCN(Cc4nc5ccc(C(=O)O)cc5n4C[C@@H]4CCO4)CC3)c2)c(Cl)c1. The van der Waals surface area contributed by atoms with Gasteiger partial charge in [0.05, 0.1) is 46.5 Å². The Balaban J connectivity index is 1.10. The first-order chi connectivity index (χ1) is 19.8. The smallest absolute Gasteiger partial charge is 0.335 e. The average Bonchev–Trinajstić information content (AvgIpc) is 3.27. The van der Waals surface area contributed by atoms with Crippen LogP contribution in [0.15, 0.2) is 60.7 Å². The summed E-state index contributed by atoms with van der Waals surface area (Å²) >= 11 is 6.55. The first kappa shape index (κ1) is 27.8. The van der Waals surface area contributed by atoms with Crippen molar-refractivity contribution < 1.29 is 14.6 Å². The molecule has 0 aliphatic carbocycles. The van der Waals surface area contributed by atoms with Crippen molar-refractivity contribution in [3.63, 3.8) is 0 Å². The molecule has 0 unspecified atom stereocenters. The lowest BCUT2D eigenvalue weighted by molar-refractivity contribution is -0.0592. The molecule has 1 atom stereocenters. The number of aromatic carboxylic acids is 1. The van der Waals surface area contributed by atoms with E-state index in [2.05, 4.69) is 64.7 Å². The molecule has 8 heteroatoms. The quantitative estimate of drug-likeness (QED) is 0.240. The molecule has 0 spiro atoms. The van der Waals surface area contributed by atoms with Crippen molar-refractivity contribution >= 4 is 40.0 Å². The van der Waals surface area contributed by atoms with Gasteiger partial charge < -0.3 is 19.3 Å². The van der Waals surface area contributed by atoms with Crippen LogP contribution in [0.5, 0.6) is 0 Å². The van der Waals surface area contributed by atoms with Crippen LogP contribution in [-0.2, 0) is 24.2 Å². The van der Waals surface area contributed by atoms with Crippen LogP contribution in [0.4, 0.5) is 11.4 Å². The van der Waals surface area contributed by atoms with Gasteiger partial charge in [0.1, 0.15) is 5.82 Å². The average molecular weight is 573 g/mol. The number of aromatic nitrogens is 2. The highest BCUT2D eigenvalue weighted by atomic mass is 35.5. The van der Waals surface area contributed by atoms with Crippen LogP contribution in [-0.4, -0.2) is 58.4 Å². The molecule has 2 aliphatic rings. The highest BCUT2D eigenvalue weighted by molar-refractivity contribution is 6.33. The summed E-state index contributed by atoms with van der Waals surface area (Å²) in [6, 6.07) is 20.2. The van der Waals surface area contributed by atoms with Crippen molar-refractivity contribution in [2.45, 2.75) is 51.8 Å². The number of nitrogens with zero attached hydrogens (tertiary/aromatic N) is 4. The minimum Gasteiger partial charge on any atom is -0.478 e. The number of piperidine rings is 1. The van der Waals surface area contributed by atoms with Gasteiger partial charge in [-0.25, -0.2) is 9.78 Å². The second-order valence-electron chi connectivity index (χ2n) is 11.5. The highest BCUT2D eigenvalue weighted by Gasteiger charge is 2.25. The minimum absolute atomic E-state index is 0.169. The Morgan fingerprint density at radius 3 is 2.61 bits per heavy atom. The first-order valence-corrected chi connectivity index (χ1v) is 14.9. The normalized spacial score (nSPS) is 18.0. The number of hydrogen-bond acceptors (Lipinski definition) is 5. The Hall–Kier alpha value is -3.39. The number of rotatable bonds is 9. The lowest BCUT2D eigenvalue weighted by Gasteiger charge is -2.32. The van der Waals surface area contributed by atoms with Gasteiger partial charge in [0.15, 0.2) is 0 Å². The number of fused-ring (bicyclic) bond motifs is 1. The van der Waals surface area contributed by atoms with Crippen LogP contribution in [0.3, 0.4) is 0 Å². The van der Waals surface area contributed by atoms with E-state index in [0.29, 0.717) is 12.5 Å². The molecular formula is C33H37ClN4O3. The van der Waals surface area contributed by atoms with Gasteiger partial charge in [-0.15, -0.1) is 0 Å². The zero-order chi connectivity index (χ0) is 28.5. The van der Waals surface area contributed by atoms with Crippen molar-refractivity contribution in [1.82, 2.24) is 14.5 Å². The van der Waals surface area contributed by atoms with Crippen LogP contribution >= 0.6 is 11.6 Å². The predicted molar refractivity (Wildman–Crippen MR) is 163 cm³/mol. The van der Waals surface area contributed by atoms with Crippen molar-refractivity contribution in [1.29, 1.82) is 0 Å². The maximum absolute atomic E-state index is 11.6. The minimum atomic E-state index is -0.917. The maximum Gasteiger partial charge on any atom is 0.335 e. The fourth-order valence-electron chi connectivity index (χ4n) is 6.06. The fraction of sp³-hybridized carbons (Fsp3) is 0.394. The Morgan fingerprint density at radius 1 is 1.10 bits per heavy atom. The topological polar surface area (TPSA) is 70.8 Å². The van der Waals surface area contributed by atoms with Gasteiger partial charge in [0.2, 0.25) is 0 Å². The van der Waals surface area contributed by atoms with Crippen molar-refractivity contribution in [3.8, 4) is 0 Å². The van der Waals surface area contributed by atoms with Gasteiger partial charge in [0.25, 0.3) is 0 Å². The monoisotopic (exact) mass is 572 g/mol. The van der Waals surface area contributed by atoms with E-state index < -0.39 is 5.97 Å². The van der Waals surface area contributed by atoms with E-state index in [4.69, 9.17) is 21.3 Å². The number of halogens is 1. The molecular weight excluding hydrogens is 536 g/mol. The summed E-state index contributed by atoms with van der Waals surface area (Å²) in [4.78, 5) is 21.2. The largest absolute Gasteiger partial charge is 0.478 e. The number of aryl methyl sites for hydroxylation is 1. The molecule has 3 aromatic carbocycles. The molecule has 0 radical (unpaired) electrons. The Morgan fingerprint density at radius 2 is 1.90 bits per heavy atom. The number of benzene rings is 3. The van der Waals surface area contributed by atoms with E-state index in [1.165, 1.54) is 5.56 Å². The molecule has 1 N–H and O–H groups in total. The molecule has 6 rings (SSSR count). The van der Waals surface area contributed by atoms with E-state index in [0.717, 1.165) is 90.7 Å². The van der Waals surface area contributed by atoms with Gasteiger partial charge in [-0.2, -0.15) is 0 Å². The zero-order valence-corrected chi connectivity index (χ0v) is 24.5. The second-order valence-corrected chi connectivity index (χ2v) is 11.9. The molecule has 4 aromatic rings. The van der Waals surface area contributed by atoms with E-state index in [9.17, 15) is 9.90 Å². The number of imidazole rings is 1. The molecule has 2 saturated heterocycles. The number of ether oxygens (including phenoxy) is 1. The molecule has 0 bridgehead atoms.